The van der Waals surface area contributed by atoms with Crippen molar-refractivity contribution < 1.29 is 14.0 Å². The van der Waals surface area contributed by atoms with Crippen LogP contribution in [0.15, 0.2) is 53.5 Å². The normalized spacial score (nSPS) is 18.6. The van der Waals surface area contributed by atoms with Crippen molar-refractivity contribution in [3.8, 4) is 0 Å². The molecule has 1 fully saturated rings. The highest BCUT2D eigenvalue weighted by Crippen LogP contribution is 2.30. The summed E-state index contributed by atoms with van der Waals surface area (Å²) in [5, 5.41) is 2.65. The van der Waals surface area contributed by atoms with Gasteiger partial charge in [0.15, 0.2) is 5.17 Å². The van der Waals surface area contributed by atoms with Crippen LogP contribution in [0.3, 0.4) is 0 Å². The van der Waals surface area contributed by atoms with Crippen molar-refractivity contribution in [2.45, 2.75) is 18.6 Å². The third-order valence-corrected chi connectivity index (χ3v) is 5.82. The molecule has 1 saturated heterocycles. The average molecular weight is 497 g/mol. The molecule has 1 heterocycles. The van der Waals surface area contributed by atoms with Crippen molar-refractivity contribution in [1.29, 1.82) is 0 Å². The maximum atomic E-state index is 13.0. The molecule has 1 N–H and O–H groups in total. The second-order valence-electron chi connectivity index (χ2n) is 5.82. The zero-order valence-electron chi connectivity index (χ0n) is 14.5. The van der Waals surface area contributed by atoms with Crippen molar-refractivity contribution in [2.24, 2.45) is 4.99 Å². The molecule has 1 aliphatic rings. The number of hydrogen-bond acceptors (Lipinski definition) is 4. The maximum absolute atomic E-state index is 13.0. The quantitative estimate of drug-likeness (QED) is 0.637. The average Bonchev–Trinajstić information content (AvgIpc) is 2.65. The van der Waals surface area contributed by atoms with Gasteiger partial charge >= 0.3 is 0 Å². The Morgan fingerprint density at radius 1 is 1.26 bits per heavy atom. The highest BCUT2D eigenvalue weighted by Gasteiger charge is 2.35. The number of rotatable bonds is 4. The van der Waals surface area contributed by atoms with Crippen LogP contribution in [-0.4, -0.2) is 33.7 Å². The molecule has 2 aromatic carbocycles. The molecule has 27 heavy (non-hydrogen) atoms. The Balaban J connectivity index is 1.79. The van der Waals surface area contributed by atoms with Gasteiger partial charge in [-0.15, -0.1) is 0 Å². The summed E-state index contributed by atoms with van der Waals surface area (Å²) in [6.07, 6.45) is 0.0945. The predicted octanol–water partition coefficient (Wildman–Crippen LogP) is 4.41. The van der Waals surface area contributed by atoms with Crippen molar-refractivity contribution in [2.75, 3.05) is 11.9 Å². The number of hydrogen-bond donors (Lipinski definition) is 1. The van der Waals surface area contributed by atoms with Gasteiger partial charge in [-0.3, -0.25) is 14.5 Å². The molecule has 2 aromatic rings. The molecule has 2 amide bonds. The minimum atomic E-state index is -0.590. The second kappa shape index (κ2) is 8.83. The summed E-state index contributed by atoms with van der Waals surface area (Å²) in [4.78, 5) is 31.2. The summed E-state index contributed by atoms with van der Waals surface area (Å²) in [7, 11) is 0. The Kier molecular flexibility index (Phi) is 6.48. The number of halogens is 2. The van der Waals surface area contributed by atoms with E-state index in [4.69, 9.17) is 0 Å². The molecule has 0 aromatic heterocycles. The minimum Gasteiger partial charge on any atom is -0.325 e. The third kappa shape index (κ3) is 5.07. The van der Waals surface area contributed by atoms with Gasteiger partial charge in [0.1, 0.15) is 11.1 Å². The summed E-state index contributed by atoms with van der Waals surface area (Å²) in [5.41, 5.74) is 1.22. The van der Waals surface area contributed by atoms with Crippen LogP contribution in [0.2, 0.25) is 0 Å². The molecule has 0 saturated carbocycles. The van der Waals surface area contributed by atoms with Gasteiger partial charge in [0, 0.05) is 22.2 Å². The number of carbonyl (C=O) groups is 2. The maximum Gasteiger partial charge on any atom is 0.238 e. The van der Waals surface area contributed by atoms with Gasteiger partial charge in [-0.05, 0) is 78.0 Å². The monoisotopic (exact) mass is 497 g/mol. The van der Waals surface area contributed by atoms with E-state index >= 15 is 0 Å². The fourth-order valence-electron chi connectivity index (χ4n) is 2.53. The number of aliphatic imine (C=N–C) groups is 1. The highest BCUT2D eigenvalue weighted by molar-refractivity contribution is 14.1. The standard InChI is InChI=1S/C19H17FIN3O2S/c1-2-24-17(25)11-16(18(26)22-14-7-3-12(20)4-8-14)27-19(24)23-15-9-5-13(21)6-10-15/h3-10,16H,2,11H2,1H3,(H,22,26)/t16-/m0/s1. The predicted molar refractivity (Wildman–Crippen MR) is 115 cm³/mol. The Bertz CT molecular complexity index is 872. The topological polar surface area (TPSA) is 61.8 Å². The molecule has 0 spiro atoms. The summed E-state index contributed by atoms with van der Waals surface area (Å²) in [6.45, 7) is 2.36. The van der Waals surface area contributed by atoms with Gasteiger partial charge in [-0.25, -0.2) is 9.38 Å². The molecule has 8 heteroatoms. The van der Waals surface area contributed by atoms with E-state index in [1.165, 1.54) is 36.0 Å². The van der Waals surface area contributed by atoms with Gasteiger partial charge in [-0.1, -0.05) is 11.8 Å². The second-order valence-corrected chi connectivity index (χ2v) is 8.23. The summed E-state index contributed by atoms with van der Waals surface area (Å²) < 4.78 is 14.1. The van der Waals surface area contributed by atoms with Crippen molar-refractivity contribution in [1.82, 2.24) is 4.90 Å². The Hall–Kier alpha value is -1.94. The van der Waals surface area contributed by atoms with Gasteiger partial charge in [0.2, 0.25) is 11.8 Å². The van der Waals surface area contributed by atoms with E-state index < -0.39 is 5.25 Å². The molecule has 0 unspecified atom stereocenters. The third-order valence-electron chi connectivity index (χ3n) is 3.91. The van der Waals surface area contributed by atoms with Crippen LogP contribution in [0.4, 0.5) is 15.8 Å². The first-order valence-corrected chi connectivity index (χ1v) is 10.3. The number of anilines is 1. The summed E-state index contributed by atoms with van der Waals surface area (Å²) in [5.74, 6) is -0.813. The summed E-state index contributed by atoms with van der Waals surface area (Å²) in [6, 6.07) is 13.1. The van der Waals surface area contributed by atoms with E-state index in [1.54, 1.807) is 4.90 Å². The van der Waals surface area contributed by atoms with Crippen LogP contribution in [0.25, 0.3) is 0 Å². The molecular formula is C19H17FIN3O2S. The highest BCUT2D eigenvalue weighted by atomic mass is 127. The zero-order valence-corrected chi connectivity index (χ0v) is 17.5. The van der Waals surface area contributed by atoms with Crippen LogP contribution >= 0.6 is 34.4 Å². The lowest BCUT2D eigenvalue weighted by molar-refractivity contribution is -0.129. The van der Waals surface area contributed by atoms with Crippen molar-refractivity contribution in [3.63, 3.8) is 0 Å². The molecule has 1 atom stereocenters. The molecule has 0 aliphatic carbocycles. The zero-order chi connectivity index (χ0) is 19.4. The van der Waals surface area contributed by atoms with E-state index in [-0.39, 0.29) is 24.1 Å². The minimum absolute atomic E-state index is 0.0945. The number of thioether (sulfide) groups is 1. The number of nitrogens with one attached hydrogen (secondary N) is 1. The van der Waals surface area contributed by atoms with Crippen LogP contribution in [0.5, 0.6) is 0 Å². The van der Waals surface area contributed by atoms with E-state index in [0.29, 0.717) is 17.4 Å². The van der Waals surface area contributed by atoms with E-state index in [1.807, 2.05) is 31.2 Å². The number of amides is 2. The van der Waals surface area contributed by atoms with Crippen molar-refractivity contribution >= 4 is 62.7 Å². The Morgan fingerprint density at radius 3 is 2.56 bits per heavy atom. The lowest BCUT2D eigenvalue weighted by Crippen LogP contribution is -2.45. The molecule has 1 aliphatic heterocycles. The van der Waals surface area contributed by atoms with Crippen LogP contribution in [-0.2, 0) is 9.59 Å². The number of carbonyl (C=O) groups excluding carboxylic acids is 2. The van der Waals surface area contributed by atoms with Gasteiger partial charge in [-0.2, -0.15) is 0 Å². The molecular weight excluding hydrogens is 480 g/mol. The van der Waals surface area contributed by atoms with Crippen molar-refractivity contribution in [3.05, 3.63) is 57.9 Å². The lowest BCUT2D eigenvalue weighted by atomic mass is 10.2. The summed E-state index contributed by atoms with van der Waals surface area (Å²) >= 11 is 3.48. The smallest absolute Gasteiger partial charge is 0.238 e. The fraction of sp³-hybridized carbons (Fsp3) is 0.211. The molecule has 0 bridgehead atoms. The first-order chi connectivity index (χ1) is 13.0. The van der Waals surface area contributed by atoms with Crippen LogP contribution in [0.1, 0.15) is 13.3 Å². The lowest BCUT2D eigenvalue weighted by Gasteiger charge is -2.30. The van der Waals surface area contributed by atoms with E-state index in [0.717, 1.165) is 9.26 Å². The molecule has 140 valence electrons. The SMILES string of the molecule is CCN1C(=O)C[C@@H](C(=O)Nc2ccc(F)cc2)SC1=Nc1ccc(I)cc1. The van der Waals surface area contributed by atoms with E-state index in [9.17, 15) is 14.0 Å². The number of amidine groups is 1. The first-order valence-electron chi connectivity index (χ1n) is 8.34. The number of benzene rings is 2. The first kappa shape index (κ1) is 19.8. The van der Waals surface area contributed by atoms with Gasteiger partial charge in [0.25, 0.3) is 0 Å². The largest absolute Gasteiger partial charge is 0.325 e. The van der Waals surface area contributed by atoms with Gasteiger partial charge in [0.05, 0.1) is 5.69 Å². The molecule has 5 nitrogen and oxygen atoms in total. The van der Waals surface area contributed by atoms with Crippen LogP contribution < -0.4 is 5.32 Å². The Labute approximate surface area is 174 Å². The van der Waals surface area contributed by atoms with Crippen LogP contribution in [0, 0.1) is 9.39 Å². The fourth-order valence-corrected chi connectivity index (χ4v) is 4.06. The number of nitrogens with zero attached hydrogens (tertiary/aromatic N) is 2. The van der Waals surface area contributed by atoms with E-state index in [2.05, 4.69) is 32.9 Å². The molecule has 0 radical (unpaired) electrons. The Morgan fingerprint density at radius 2 is 1.93 bits per heavy atom. The van der Waals surface area contributed by atoms with Gasteiger partial charge < -0.3 is 5.32 Å². The molecule has 3 rings (SSSR count).